The standard InChI is InChI=1S/C18H21FN4O2/c1-21-17(22-10-14-5-6-15(25-14)16(20)24)23-11-18(7-8-18)12-3-2-4-13(19)9-12/h2-6,9H,7-8,10-11H2,1H3,(H2,20,24)(H2,21,22,23). The fraction of sp³-hybridized carbons (Fsp3) is 0.333. The molecule has 1 saturated carbocycles. The number of nitrogens with zero attached hydrogens (tertiary/aromatic N) is 1. The van der Waals surface area contributed by atoms with Crippen molar-refractivity contribution in [3.63, 3.8) is 0 Å². The van der Waals surface area contributed by atoms with Crippen LogP contribution in [-0.2, 0) is 12.0 Å². The summed E-state index contributed by atoms with van der Waals surface area (Å²) in [6, 6.07) is 9.98. The molecule has 0 saturated heterocycles. The minimum absolute atomic E-state index is 0.0382. The van der Waals surface area contributed by atoms with E-state index in [2.05, 4.69) is 15.6 Å². The number of furan rings is 1. The summed E-state index contributed by atoms with van der Waals surface area (Å²) in [7, 11) is 1.67. The number of amides is 1. The smallest absolute Gasteiger partial charge is 0.284 e. The number of carbonyl (C=O) groups excluding carboxylic acids is 1. The average Bonchev–Trinajstić information content (AvgIpc) is 3.24. The van der Waals surface area contributed by atoms with Crippen LogP contribution in [0.2, 0.25) is 0 Å². The lowest BCUT2D eigenvalue weighted by molar-refractivity contribution is 0.0972. The first-order chi connectivity index (χ1) is 12.0. The van der Waals surface area contributed by atoms with Crippen molar-refractivity contribution in [3.05, 3.63) is 59.3 Å². The molecule has 25 heavy (non-hydrogen) atoms. The fourth-order valence-corrected chi connectivity index (χ4v) is 2.79. The molecule has 1 aliphatic carbocycles. The molecule has 6 nitrogen and oxygen atoms in total. The summed E-state index contributed by atoms with van der Waals surface area (Å²) in [5, 5.41) is 6.39. The lowest BCUT2D eigenvalue weighted by Gasteiger charge is -2.19. The highest BCUT2D eigenvalue weighted by molar-refractivity contribution is 5.89. The van der Waals surface area contributed by atoms with Crippen LogP contribution in [0.25, 0.3) is 0 Å². The number of primary amides is 1. The molecule has 2 aromatic rings. The molecular weight excluding hydrogens is 323 g/mol. The van der Waals surface area contributed by atoms with Crippen molar-refractivity contribution >= 4 is 11.9 Å². The number of guanidine groups is 1. The van der Waals surface area contributed by atoms with Crippen LogP contribution in [0.15, 0.2) is 45.8 Å². The number of aliphatic imine (C=N–C) groups is 1. The highest BCUT2D eigenvalue weighted by Crippen LogP contribution is 2.47. The second kappa shape index (κ2) is 6.96. The van der Waals surface area contributed by atoms with Gasteiger partial charge in [0.05, 0.1) is 6.54 Å². The highest BCUT2D eigenvalue weighted by atomic mass is 19.1. The largest absolute Gasteiger partial charge is 0.454 e. The van der Waals surface area contributed by atoms with Crippen molar-refractivity contribution < 1.29 is 13.6 Å². The van der Waals surface area contributed by atoms with Gasteiger partial charge in [-0.05, 0) is 42.7 Å². The Balaban J connectivity index is 1.55. The molecule has 132 valence electrons. The Bertz CT molecular complexity index is 796. The lowest BCUT2D eigenvalue weighted by Crippen LogP contribution is -2.40. The first-order valence-electron chi connectivity index (χ1n) is 8.11. The monoisotopic (exact) mass is 344 g/mol. The van der Waals surface area contributed by atoms with Gasteiger partial charge in [-0.3, -0.25) is 9.79 Å². The summed E-state index contributed by atoms with van der Waals surface area (Å²) in [5.74, 6) is 0.513. The highest BCUT2D eigenvalue weighted by Gasteiger charge is 2.44. The molecular formula is C18H21FN4O2. The van der Waals surface area contributed by atoms with Gasteiger partial charge >= 0.3 is 0 Å². The van der Waals surface area contributed by atoms with E-state index in [1.165, 1.54) is 6.07 Å². The first-order valence-corrected chi connectivity index (χ1v) is 8.11. The van der Waals surface area contributed by atoms with Crippen LogP contribution in [0.5, 0.6) is 0 Å². The van der Waals surface area contributed by atoms with Crippen molar-refractivity contribution in [1.29, 1.82) is 0 Å². The Morgan fingerprint density at radius 3 is 2.72 bits per heavy atom. The van der Waals surface area contributed by atoms with E-state index in [1.54, 1.807) is 31.3 Å². The molecule has 0 radical (unpaired) electrons. The van der Waals surface area contributed by atoms with E-state index in [-0.39, 0.29) is 17.0 Å². The molecule has 0 spiro atoms. The van der Waals surface area contributed by atoms with Gasteiger partial charge in [-0.25, -0.2) is 4.39 Å². The molecule has 1 amide bonds. The van der Waals surface area contributed by atoms with Gasteiger partial charge in [-0.1, -0.05) is 12.1 Å². The second-order valence-corrected chi connectivity index (χ2v) is 6.20. The predicted molar refractivity (Wildman–Crippen MR) is 92.7 cm³/mol. The molecule has 3 rings (SSSR count). The van der Waals surface area contributed by atoms with E-state index in [4.69, 9.17) is 10.2 Å². The van der Waals surface area contributed by atoms with Crippen LogP contribution in [-0.4, -0.2) is 25.5 Å². The number of hydrogen-bond acceptors (Lipinski definition) is 3. The number of halogens is 1. The second-order valence-electron chi connectivity index (χ2n) is 6.20. The van der Waals surface area contributed by atoms with Crippen LogP contribution in [0.3, 0.4) is 0 Å². The summed E-state index contributed by atoms with van der Waals surface area (Å²) >= 11 is 0. The molecule has 1 aromatic heterocycles. The van der Waals surface area contributed by atoms with E-state index in [0.29, 0.717) is 24.8 Å². The number of nitrogens with two attached hydrogens (primary N) is 1. The molecule has 0 unspecified atom stereocenters. The summed E-state index contributed by atoms with van der Waals surface area (Å²) in [5.41, 5.74) is 6.13. The van der Waals surface area contributed by atoms with Gasteiger partial charge in [0.1, 0.15) is 11.6 Å². The topological polar surface area (TPSA) is 92.6 Å². The van der Waals surface area contributed by atoms with Crippen LogP contribution in [0.1, 0.15) is 34.7 Å². The SMILES string of the molecule is CN=C(NCc1ccc(C(N)=O)o1)NCC1(c2cccc(F)c2)CC1. The summed E-state index contributed by atoms with van der Waals surface area (Å²) in [6.07, 6.45) is 2.03. The number of hydrogen-bond donors (Lipinski definition) is 3. The van der Waals surface area contributed by atoms with Crippen LogP contribution < -0.4 is 16.4 Å². The quantitative estimate of drug-likeness (QED) is 0.551. The molecule has 7 heteroatoms. The fourth-order valence-electron chi connectivity index (χ4n) is 2.79. The van der Waals surface area contributed by atoms with E-state index >= 15 is 0 Å². The third-order valence-electron chi connectivity index (χ3n) is 4.44. The normalized spacial score (nSPS) is 15.7. The molecule has 0 atom stereocenters. The van der Waals surface area contributed by atoms with E-state index in [1.807, 2.05) is 6.07 Å². The van der Waals surface area contributed by atoms with E-state index < -0.39 is 5.91 Å². The predicted octanol–water partition coefficient (Wildman–Crippen LogP) is 1.91. The molecule has 0 bridgehead atoms. The molecule has 1 heterocycles. The van der Waals surface area contributed by atoms with Gasteiger partial charge < -0.3 is 20.8 Å². The van der Waals surface area contributed by atoms with Crippen LogP contribution in [0, 0.1) is 5.82 Å². The zero-order valence-electron chi connectivity index (χ0n) is 14.0. The Morgan fingerprint density at radius 2 is 2.12 bits per heavy atom. The molecule has 0 aliphatic heterocycles. The minimum atomic E-state index is -0.598. The Kier molecular flexibility index (Phi) is 4.74. The van der Waals surface area contributed by atoms with Crippen molar-refractivity contribution in [1.82, 2.24) is 10.6 Å². The Morgan fingerprint density at radius 1 is 1.32 bits per heavy atom. The van der Waals surface area contributed by atoms with Gasteiger partial charge in [0, 0.05) is 19.0 Å². The van der Waals surface area contributed by atoms with Crippen molar-refractivity contribution in [2.45, 2.75) is 24.8 Å². The van der Waals surface area contributed by atoms with Gasteiger partial charge in [0.2, 0.25) is 0 Å². The van der Waals surface area contributed by atoms with Crippen molar-refractivity contribution in [2.75, 3.05) is 13.6 Å². The maximum Gasteiger partial charge on any atom is 0.284 e. The maximum atomic E-state index is 13.5. The molecule has 1 fully saturated rings. The van der Waals surface area contributed by atoms with Gasteiger partial charge in [0.15, 0.2) is 11.7 Å². The molecule has 1 aliphatic rings. The summed E-state index contributed by atoms with van der Waals surface area (Å²) < 4.78 is 18.8. The van der Waals surface area contributed by atoms with Gasteiger partial charge in [-0.2, -0.15) is 0 Å². The Hall–Kier alpha value is -2.83. The van der Waals surface area contributed by atoms with Gasteiger partial charge in [-0.15, -0.1) is 0 Å². The minimum Gasteiger partial charge on any atom is -0.454 e. The van der Waals surface area contributed by atoms with E-state index in [0.717, 1.165) is 18.4 Å². The lowest BCUT2D eigenvalue weighted by atomic mass is 9.96. The zero-order chi connectivity index (χ0) is 17.9. The van der Waals surface area contributed by atoms with E-state index in [9.17, 15) is 9.18 Å². The zero-order valence-corrected chi connectivity index (χ0v) is 14.0. The maximum absolute atomic E-state index is 13.5. The van der Waals surface area contributed by atoms with Crippen LogP contribution in [0.4, 0.5) is 4.39 Å². The average molecular weight is 344 g/mol. The first kappa shape index (κ1) is 17.0. The summed E-state index contributed by atoms with van der Waals surface area (Å²) in [6.45, 7) is 1.04. The third kappa shape index (κ3) is 3.99. The summed E-state index contributed by atoms with van der Waals surface area (Å²) in [4.78, 5) is 15.2. The number of nitrogens with one attached hydrogen (secondary N) is 2. The van der Waals surface area contributed by atoms with Gasteiger partial charge in [0.25, 0.3) is 5.91 Å². The van der Waals surface area contributed by atoms with Crippen molar-refractivity contribution in [3.8, 4) is 0 Å². The number of benzene rings is 1. The number of rotatable bonds is 6. The van der Waals surface area contributed by atoms with Crippen LogP contribution >= 0.6 is 0 Å². The Labute approximate surface area is 145 Å². The van der Waals surface area contributed by atoms with Crippen molar-refractivity contribution in [2.24, 2.45) is 10.7 Å². The molecule has 4 N–H and O–H groups in total. The third-order valence-corrected chi connectivity index (χ3v) is 4.44. The molecule has 1 aromatic carbocycles. The number of carbonyl (C=O) groups is 1.